The first-order valence-electron chi connectivity index (χ1n) is 10.9. The van der Waals surface area contributed by atoms with E-state index < -0.39 is 0 Å². The Bertz CT molecular complexity index is 679. The monoisotopic (exact) mass is 531 g/mol. The van der Waals surface area contributed by atoms with E-state index in [9.17, 15) is 9.18 Å². The largest absolute Gasteiger partial charge is 0.357 e. The number of carbonyl (C=O) groups is 1. The Morgan fingerprint density at radius 2 is 1.90 bits per heavy atom. The second kappa shape index (κ2) is 13.1. The highest BCUT2D eigenvalue weighted by molar-refractivity contribution is 14.0. The number of rotatable bonds is 8. The number of nitrogens with one attached hydrogen (secondary N) is 3. The van der Waals surface area contributed by atoms with Crippen molar-refractivity contribution in [2.24, 2.45) is 4.99 Å². The maximum Gasteiger partial charge on any atom is 0.224 e. The standard InChI is InChI=1S/C22H34FN5O.HI/c1-2-24-22(27-19-11-14-28(16-19)20-5-3-4-6-20)26-13-12-25-21(29)15-17-7-9-18(23)10-8-17;/h7-10,19-20H,2-6,11-16H2,1H3,(H,25,29)(H2,24,26,27);1H. The summed E-state index contributed by atoms with van der Waals surface area (Å²) in [5, 5.41) is 9.73. The molecular weight excluding hydrogens is 496 g/mol. The zero-order valence-corrected chi connectivity index (χ0v) is 20.2. The summed E-state index contributed by atoms with van der Waals surface area (Å²) in [5.41, 5.74) is 0.801. The first-order chi connectivity index (χ1) is 14.1. The van der Waals surface area contributed by atoms with Crippen molar-refractivity contribution in [1.29, 1.82) is 0 Å². The van der Waals surface area contributed by atoms with Gasteiger partial charge in [-0.3, -0.25) is 14.7 Å². The molecule has 1 aromatic carbocycles. The lowest BCUT2D eigenvalue weighted by Gasteiger charge is -2.24. The molecule has 1 amide bonds. The van der Waals surface area contributed by atoms with E-state index in [-0.39, 0.29) is 42.1 Å². The predicted octanol–water partition coefficient (Wildman–Crippen LogP) is 2.67. The Hall–Kier alpha value is -1.42. The molecular formula is C22H35FIN5O. The topological polar surface area (TPSA) is 68.8 Å². The third-order valence-electron chi connectivity index (χ3n) is 5.73. The van der Waals surface area contributed by atoms with E-state index >= 15 is 0 Å². The molecule has 3 N–H and O–H groups in total. The van der Waals surface area contributed by atoms with E-state index in [2.05, 4.69) is 32.8 Å². The van der Waals surface area contributed by atoms with Gasteiger partial charge in [0.25, 0.3) is 0 Å². The smallest absolute Gasteiger partial charge is 0.224 e. The molecule has 6 nitrogen and oxygen atoms in total. The number of guanidine groups is 1. The first kappa shape index (κ1) is 24.8. The molecule has 168 valence electrons. The average molecular weight is 531 g/mol. The summed E-state index contributed by atoms with van der Waals surface area (Å²) in [6.07, 6.45) is 6.83. The molecule has 1 aliphatic carbocycles. The summed E-state index contributed by atoms with van der Waals surface area (Å²) < 4.78 is 12.9. The van der Waals surface area contributed by atoms with Crippen molar-refractivity contribution in [2.75, 3.05) is 32.7 Å². The summed E-state index contributed by atoms with van der Waals surface area (Å²) in [5.74, 6) is 0.451. The van der Waals surface area contributed by atoms with Gasteiger partial charge in [-0.1, -0.05) is 25.0 Å². The molecule has 0 radical (unpaired) electrons. The van der Waals surface area contributed by atoms with Crippen molar-refractivity contribution >= 4 is 35.8 Å². The van der Waals surface area contributed by atoms with Crippen LogP contribution >= 0.6 is 24.0 Å². The summed E-state index contributed by atoms with van der Waals surface area (Å²) in [7, 11) is 0. The van der Waals surface area contributed by atoms with Crippen LogP contribution < -0.4 is 16.0 Å². The minimum atomic E-state index is -0.291. The Kier molecular flexibility index (Phi) is 10.8. The molecule has 1 unspecified atom stereocenters. The number of hydrogen-bond donors (Lipinski definition) is 3. The van der Waals surface area contributed by atoms with Gasteiger partial charge in [0, 0.05) is 38.3 Å². The quantitative estimate of drug-likeness (QED) is 0.209. The lowest BCUT2D eigenvalue weighted by Crippen LogP contribution is -2.45. The second-order valence-electron chi connectivity index (χ2n) is 7.98. The van der Waals surface area contributed by atoms with Crippen LogP contribution in [-0.2, 0) is 11.2 Å². The fourth-order valence-electron chi connectivity index (χ4n) is 4.23. The number of benzene rings is 1. The Balaban J connectivity index is 0.00000320. The number of amides is 1. The summed E-state index contributed by atoms with van der Waals surface area (Å²) in [6.45, 7) is 6.12. The summed E-state index contributed by atoms with van der Waals surface area (Å²) >= 11 is 0. The molecule has 0 aromatic heterocycles. The Morgan fingerprint density at radius 3 is 2.60 bits per heavy atom. The van der Waals surface area contributed by atoms with Crippen LogP contribution in [0.3, 0.4) is 0 Å². The molecule has 1 aromatic rings. The SMILES string of the molecule is CCNC(=NCCNC(=O)Cc1ccc(F)cc1)NC1CCN(C2CCCC2)C1.I. The van der Waals surface area contributed by atoms with Gasteiger partial charge in [0.15, 0.2) is 5.96 Å². The fourth-order valence-corrected chi connectivity index (χ4v) is 4.23. The highest BCUT2D eigenvalue weighted by atomic mass is 127. The zero-order valence-electron chi connectivity index (χ0n) is 17.8. The fraction of sp³-hybridized carbons (Fsp3) is 0.636. The van der Waals surface area contributed by atoms with E-state index in [0.717, 1.165) is 37.1 Å². The van der Waals surface area contributed by atoms with Crippen LogP contribution in [0.15, 0.2) is 29.3 Å². The van der Waals surface area contributed by atoms with E-state index in [4.69, 9.17) is 0 Å². The van der Waals surface area contributed by atoms with Gasteiger partial charge in [-0.15, -0.1) is 24.0 Å². The van der Waals surface area contributed by atoms with Gasteiger partial charge in [0.2, 0.25) is 5.91 Å². The van der Waals surface area contributed by atoms with Crippen molar-refractivity contribution in [3.05, 3.63) is 35.6 Å². The molecule has 3 rings (SSSR count). The van der Waals surface area contributed by atoms with Crippen molar-refractivity contribution in [2.45, 2.75) is 57.5 Å². The number of likely N-dealkylation sites (tertiary alicyclic amines) is 1. The van der Waals surface area contributed by atoms with Crippen molar-refractivity contribution < 1.29 is 9.18 Å². The normalized spacial score (nSPS) is 20.1. The van der Waals surface area contributed by atoms with Gasteiger partial charge in [0.1, 0.15) is 5.82 Å². The van der Waals surface area contributed by atoms with E-state index in [1.54, 1.807) is 12.1 Å². The first-order valence-corrected chi connectivity index (χ1v) is 10.9. The van der Waals surface area contributed by atoms with Crippen LogP contribution in [0.5, 0.6) is 0 Å². The lowest BCUT2D eigenvalue weighted by atomic mass is 10.1. The molecule has 8 heteroatoms. The predicted molar refractivity (Wildman–Crippen MR) is 130 cm³/mol. The molecule has 2 fully saturated rings. The molecule has 2 aliphatic rings. The maximum atomic E-state index is 12.9. The van der Waals surface area contributed by atoms with Crippen molar-refractivity contribution in [3.63, 3.8) is 0 Å². The van der Waals surface area contributed by atoms with Crippen LogP contribution in [0.25, 0.3) is 0 Å². The Labute approximate surface area is 196 Å². The number of halogens is 2. The van der Waals surface area contributed by atoms with E-state index in [1.807, 2.05) is 0 Å². The van der Waals surface area contributed by atoms with Crippen LogP contribution in [0, 0.1) is 5.82 Å². The van der Waals surface area contributed by atoms with Gasteiger partial charge in [-0.05, 0) is 43.9 Å². The molecule has 1 aliphatic heterocycles. The number of hydrogen-bond acceptors (Lipinski definition) is 3. The van der Waals surface area contributed by atoms with Crippen molar-refractivity contribution in [3.8, 4) is 0 Å². The Morgan fingerprint density at radius 1 is 1.17 bits per heavy atom. The maximum absolute atomic E-state index is 12.9. The van der Waals surface area contributed by atoms with Gasteiger partial charge >= 0.3 is 0 Å². The van der Waals surface area contributed by atoms with Crippen molar-refractivity contribution in [1.82, 2.24) is 20.9 Å². The second-order valence-corrected chi connectivity index (χ2v) is 7.98. The summed E-state index contributed by atoms with van der Waals surface area (Å²) in [6, 6.07) is 7.23. The van der Waals surface area contributed by atoms with Gasteiger partial charge < -0.3 is 16.0 Å². The van der Waals surface area contributed by atoms with Gasteiger partial charge in [-0.25, -0.2) is 4.39 Å². The van der Waals surface area contributed by atoms with Crippen LogP contribution in [0.1, 0.15) is 44.6 Å². The van der Waals surface area contributed by atoms with Gasteiger partial charge in [0.05, 0.1) is 13.0 Å². The number of nitrogens with zero attached hydrogens (tertiary/aromatic N) is 2. The zero-order chi connectivity index (χ0) is 20.5. The van der Waals surface area contributed by atoms with Crippen LogP contribution in [0.2, 0.25) is 0 Å². The molecule has 1 saturated heterocycles. The molecule has 1 heterocycles. The van der Waals surface area contributed by atoms with Crippen LogP contribution in [0.4, 0.5) is 4.39 Å². The average Bonchev–Trinajstić information content (AvgIpc) is 3.39. The third kappa shape index (κ3) is 8.02. The molecule has 0 bridgehead atoms. The third-order valence-corrected chi connectivity index (χ3v) is 5.73. The highest BCUT2D eigenvalue weighted by Crippen LogP contribution is 2.26. The molecule has 30 heavy (non-hydrogen) atoms. The highest BCUT2D eigenvalue weighted by Gasteiger charge is 2.30. The number of aliphatic imine (C=N–C) groups is 1. The minimum Gasteiger partial charge on any atom is -0.357 e. The summed E-state index contributed by atoms with van der Waals surface area (Å²) in [4.78, 5) is 19.2. The molecule has 1 saturated carbocycles. The van der Waals surface area contributed by atoms with E-state index in [0.29, 0.717) is 19.1 Å². The molecule has 0 spiro atoms. The molecule has 1 atom stereocenters. The van der Waals surface area contributed by atoms with Crippen LogP contribution in [-0.4, -0.2) is 61.6 Å². The lowest BCUT2D eigenvalue weighted by molar-refractivity contribution is -0.120. The minimum absolute atomic E-state index is 0. The number of carbonyl (C=O) groups excluding carboxylic acids is 1. The van der Waals surface area contributed by atoms with Gasteiger partial charge in [-0.2, -0.15) is 0 Å². The van der Waals surface area contributed by atoms with E-state index in [1.165, 1.54) is 44.4 Å².